The number of amides is 1. The van der Waals surface area contributed by atoms with Gasteiger partial charge in [0.25, 0.3) is 11.6 Å². The van der Waals surface area contributed by atoms with Gasteiger partial charge in [0, 0.05) is 6.07 Å². The van der Waals surface area contributed by atoms with Crippen LogP contribution >= 0.6 is 0 Å². The molecule has 0 fully saturated rings. The van der Waals surface area contributed by atoms with E-state index in [4.69, 9.17) is 14.2 Å². The van der Waals surface area contributed by atoms with Gasteiger partial charge in [0.2, 0.25) is 0 Å². The third-order valence-electron chi connectivity index (χ3n) is 3.78. The molecule has 2 aromatic carbocycles. The van der Waals surface area contributed by atoms with Gasteiger partial charge in [-0.15, -0.1) is 0 Å². The topological polar surface area (TPSA) is 99.9 Å². The van der Waals surface area contributed by atoms with Crippen LogP contribution in [0.3, 0.4) is 0 Å². The molecular formula is C18H18N2O6. The van der Waals surface area contributed by atoms with Crippen molar-refractivity contribution in [2.24, 2.45) is 0 Å². The number of nitro benzene ring substituents is 1. The molecule has 0 radical (unpaired) electrons. The summed E-state index contributed by atoms with van der Waals surface area (Å²) in [6, 6.07) is 10.1. The van der Waals surface area contributed by atoms with Crippen LogP contribution in [-0.4, -0.2) is 37.2 Å². The minimum atomic E-state index is -0.615. The zero-order valence-corrected chi connectivity index (χ0v) is 14.2. The van der Waals surface area contributed by atoms with Crippen LogP contribution < -0.4 is 19.5 Å². The first-order valence-electron chi connectivity index (χ1n) is 8.10. The van der Waals surface area contributed by atoms with E-state index < -0.39 is 10.8 Å². The molecule has 0 atom stereocenters. The molecule has 3 rings (SSSR count). The maximum Gasteiger partial charge on any atom is 0.286 e. The summed E-state index contributed by atoms with van der Waals surface area (Å²) < 4.78 is 16.2. The third-order valence-corrected chi connectivity index (χ3v) is 3.78. The lowest BCUT2D eigenvalue weighted by molar-refractivity contribution is -0.385. The predicted molar refractivity (Wildman–Crippen MR) is 93.1 cm³/mol. The van der Waals surface area contributed by atoms with Crippen molar-refractivity contribution in [3.63, 3.8) is 0 Å². The molecule has 0 saturated heterocycles. The lowest BCUT2D eigenvalue weighted by Gasteiger charge is -2.18. The Morgan fingerprint density at radius 2 is 1.85 bits per heavy atom. The number of aryl methyl sites for hydroxylation is 1. The van der Waals surface area contributed by atoms with Crippen LogP contribution in [0.1, 0.15) is 15.9 Å². The van der Waals surface area contributed by atoms with Gasteiger partial charge in [-0.2, -0.15) is 0 Å². The standard InChI is InChI=1S/C18H18N2O6/c1-12-2-4-13(5-3-12)24-7-6-19-18(21)14-10-16-17(26-9-8-25-16)11-15(14)20(22)23/h2-5,10-11H,6-9H2,1H3,(H,19,21). The van der Waals surface area contributed by atoms with Gasteiger partial charge in [-0.3, -0.25) is 14.9 Å². The summed E-state index contributed by atoms with van der Waals surface area (Å²) in [6.45, 7) is 3.07. The van der Waals surface area contributed by atoms with Gasteiger partial charge in [-0.1, -0.05) is 17.7 Å². The Labute approximate surface area is 149 Å². The van der Waals surface area contributed by atoms with Crippen molar-refractivity contribution < 1.29 is 23.9 Å². The van der Waals surface area contributed by atoms with Crippen LogP contribution in [0, 0.1) is 17.0 Å². The normalized spacial score (nSPS) is 12.3. The number of ether oxygens (including phenoxy) is 3. The van der Waals surface area contributed by atoms with Gasteiger partial charge in [-0.25, -0.2) is 0 Å². The molecule has 1 N–H and O–H groups in total. The highest BCUT2D eigenvalue weighted by molar-refractivity contribution is 5.99. The van der Waals surface area contributed by atoms with E-state index in [1.165, 1.54) is 12.1 Å². The third kappa shape index (κ3) is 4.02. The molecular weight excluding hydrogens is 340 g/mol. The summed E-state index contributed by atoms with van der Waals surface area (Å²) in [5.41, 5.74) is 0.720. The summed E-state index contributed by atoms with van der Waals surface area (Å²) in [6.07, 6.45) is 0. The Morgan fingerprint density at radius 3 is 2.50 bits per heavy atom. The molecule has 1 amide bonds. The van der Waals surface area contributed by atoms with Crippen LogP contribution in [0.5, 0.6) is 17.2 Å². The quantitative estimate of drug-likeness (QED) is 0.484. The molecule has 0 aromatic heterocycles. The van der Waals surface area contributed by atoms with Crippen LogP contribution in [0.2, 0.25) is 0 Å². The van der Waals surface area contributed by atoms with Crippen LogP contribution in [0.4, 0.5) is 5.69 Å². The summed E-state index contributed by atoms with van der Waals surface area (Å²) in [5.74, 6) is 0.710. The Balaban J connectivity index is 1.63. The van der Waals surface area contributed by atoms with E-state index in [0.29, 0.717) is 24.7 Å². The molecule has 8 heteroatoms. The van der Waals surface area contributed by atoms with Gasteiger partial charge in [0.15, 0.2) is 11.5 Å². The number of nitrogens with zero attached hydrogens (tertiary/aromatic N) is 1. The molecule has 8 nitrogen and oxygen atoms in total. The summed E-state index contributed by atoms with van der Waals surface area (Å²) in [7, 11) is 0. The van der Waals surface area contributed by atoms with Crippen molar-refractivity contribution >= 4 is 11.6 Å². The summed E-state index contributed by atoms with van der Waals surface area (Å²) in [4.78, 5) is 23.0. The molecule has 136 valence electrons. The average molecular weight is 358 g/mol. The zero-order valence-electron chi connectivity index (χ0n) is 14.2. The number of benzene rings is 2. The largest absolute Gasteiger partial charge is 0.492 e. The van der Waals surface area contributed by atoms with Crippen molar-refractivity contribution in [2.45, 2.75) is 6.92 Å². The first-order valence-corrected chi connectivity index (χ1v) is 8.10. The first-order chi connectivity index (χ1) is 12.5. The molecule has 0 saturated carbocycles. The number of carbonyl (C=O) groups is 1. The first kappa shape index (κ1) is 17.5. The van der Waals surface area contributed by atoms with Crippen LogP contribution in [-0.2, 0) is 0 Å². The number of hydrogen-bond acceptors (Lipinski definition) is 6. The molecule has 1 aliphatic heterocycles. The fraction of sp³-hybridized carbons (Fsp3) is 0.278. The second-order valence-electron chi connectivity index (χ2n) is 5.69. The number of fused-ring (bicyclic) bond motifs is 1. The SMILES string of the molecule is Cc1ccc(OCCNC(=O)c2cc3c(cc2[N+](=O)[O-])OCCO3)cc1. The fourth-order valence-corrected chi connectivity index (χ4v) is 2.47. The highest BCUT2D eigenvalue weighted by Crippen LogP contribution is 2.36. The van der Waals surface area contributed by atoms with Crippen molar-refractivity contribution in [1.82, 2.24) is 5.32 Å². The summed E-state index contributed by atoms with van der Waals surface area (Å²) in [5, 5.41) is 13.9. The van der Waals surface area contributed by atoms with Gasteiger partial charge >= 0.3 is 0 Å². The number of rotatable bonds is 6. The minimum absolute atomic E-state index is 0.0745. The second kappa shape index (κ2) is 7.73. The summed E-state index contributed by atoms with van der Waals surface area (Å²) >= 11 is 0. The lowest BCUT2D eigenvalue weighted by atomic mass is 10.1. The van der Waals surface area contributed by atoms with E-state index in [2.05, 4.69) is 5.32 Å². The number of hydrogen-bond donors (Lipinski definition) is 1. The van der Waals surface area contributed by atoms with Gasteiger partial charge < -0.3 is 19.5 Å². The Kier molecular flexibility index (Phi) is 5.21. The van der Waals surface area contributed by atoms with E-state index in [1.54, 1.807) is 0 Å². The van der Waals surface area contributed by atoms with Crippen molar-refractivity contribution in [3.8, 4) is 17.2 Å². The van der Waals surface area contributed by atoms with Gasteiger partial charge in [0.05, 0.1) is 17.5 Å². The maximum atomic E-state index is 12.3. The van der Waals surface area contributed by atoms with E-state index in [1.807, 2.05) is 31.2 Å². The van der Waals surface area contributed by atoms with E-state index in [-0.39, 0.29) is 30.2 Å². The zero-order chi connectivity index (χ0) is 18.5. The smallest absolute Gasteiger partial charge is 0.286 e. The number of nitro groups is 1. The van der Waals surface area contributed by atoms with Crippen molar-refractivity contribution in [3.05, 3.63) is 57.6 Å². The second-order valence-corrected chi connectivity index (χ2v) is 5.69. The van der Waals surface area contributed by atoms with Crippen LogP contribution in [0.25, 0.3) is 0 Å². The predicted octanol–water partition coefficient (Wildman–Crippen LogP) is 2.48. The molecule has 0 aliphatic carbocycles. The van der Waals surface area contributed by atoms with Gasteiger partial charge in [0.1, 0.15) is 31.1 Å². The van der Waals surface area contributed by atoms with Crippen molar-refractivity contribution in [1.29, 1.82) is 0 Å². The van der Waals surface area contributed by atoms with Crippen molar-refractivity contribution in [2.75, 3.05) is 26.4 Å². The number of nitrogens with one attached hydrogen (secondary N) is 1. The molecule has 26 heavy (non-hydrogen) atoms. The molecule has 1 heterocycles. The lowest BCUT2D eigenvalue weighted by Crippen LogP contribution is -2.29. The van der Waals surface area contributed by atoms with E-state index in [0.717, 1.165) is 5.56 Å². The Morgan fingerprint density at radius 1 is 1.19 bits per heavy atom. The Hall–Kier alpha value is -3.29. The molecule has 2 aromatic rings. The van der Waals surface area contributed by atoms with E-state index >= 15 is 0 Å². The monoisotopic (exact) mass is 358 g/mol. The molecule has 1 aliphatic rings. The number of carbonyl (C=O) groups excluding carboxylic acids is 1. The average Bonchev–Trinajstić information content (AvgIpc) is 2.65. The highest BCUT2D eigenvalue weighted by atomic mass is 16.6. The van der Waals surface area contributed by atoms with Gasteiger partial charge in [-0.05, 0) is 19.1 Å². The molecule has 0 spiro atoms. The fourth-order valence-electron chi connectivity index (χ4n) is 2.47. The van der Waals surface area contributed by atoms with Crippen LogP contribution in [0.15, 0.2) is 36.4 Å². The minimum Gasteiger partial charge on any atom is -0.492 e. The molecule has 0 bridgehead atoms. The molecule has 0 unspecified atom stereocenters. The Bertz CT molecular complexity index is 819. The highest BCUT2D eigenvalue weighted by Gasteiger charge is 2.26. The maximum absolute atomic E-state index is 12.3. The van der Waals surface area contributed by atoms with E-state index in [9.17, 15) is 14.9 Å².